The lowest BCUT2D eigenvalue weighted by atomic mass is 9.99. The van der Waals surface area contributed by atoms with E-state index in [1.165, 1.54) is 12.1 Å². The zero-order valence-corrected chi connectivity index (χ0v) is 13.6. The maximum absolute atomic E-state index is 12.2. The molecule has 0 radical (unpaired) electrons. The summed E-state index contributed by atoms with van der Waals surface area (Å²) in [6, 6.07) is 5.44. The van der Waals surface area contributed by atoms with Crippen LogP contribution in [-0.2, 0) is 14.8 Å². The molecule has 0 aliphatic carbocycles. The molecule has 0 bridgehead atoms. The van der Waals surface area contributed by atoms with Gasteiger partial charge in [0.15, 0.2) is 0 Å². The highest BCUT2D eigenvalue weighted by molar-refractivity contribution is 7.89. The molecule has 0 spiro atoms. The maximum atomic E-state index is 12.2. The number of benzene rings is 1. The van der Waals surface area contributed by atoms with E-state index in [-0.39, 0.29) is 10.8 Å². The largest absolute Gasteiger partial charge is 0.480 e. The van der Waals surface area contributed by atoms with E-state index in [1.807, 2.05) is 0 Å². The number of sulfonamides is 1. The molecule has 6 heteroatoms. The van der Waals surface area contributed by atoms with Crippen molar-refractivity contribution in [1.82, 2.24) is 4.72 Å². The van der Waals surface area contributed by atoms with Crippen LogP contribution in [0.5, 0.6) is 0 Å². The Morgan fingerprint density at radius 3 is 2.10 bits per heavy atom. The number of hydrogen-bond acceptors (Lipinski definition) is 3. The molecule has 0 saturated carbocycles. The molecule has 1 aromatic rings. The lowest BCUT2D eigenvalue weighted by Crippen LogP contribution is -2.44. The fourth-order valence-electron chi connectivity index (χ4n) is 1.92. The van der Waals surface area contributed by atoms with Crippen molar-refractivity contribution < 1.29 is 18.3 Å². The van der Waals surface area contributed by atoms with Gasteiger partial charge in [-0.25, -0.2) is 8.42 Å². The summed E-state index contributed by atoms with van der Waals surface area (Å²) in [4.78, 5) is 11.2. The van der Waals surface area contributed by atoms with E-state index in [2.05, 4.69) is 18.6 Å². The monoisotopic (exact) mass is 313 g/mol. The first-order chi connectivity index (χ1) is 9.69. The standard InChI is InChI=1S/C15H23NO4S/c1-5-11(4)12-6-8-13(9-7-12)21(19,20)16-14(10(2)3)15(17)18/h6-11,14,16H,5H2,1-4H3,(H,17,18). The Hall–Kier alpha value is -1.40. The molecular weight excluding hydrogens is 290 g/mol. The average Bonchev–Trinajstić information content (AvgIpc) is 2.43. The summed E-state index contributed by atoms with van der Waals surface area (Å²) in [7, 11) is -3.83. The first-order valence-electron chi connectivity index (χ1n) is 7.04. The van der Waals surface area contributed by atoms with Crippen LogP contribution in [0.25, 0.3) is 0 Å². The summed E-state index contributed by atoms with van der Waals surface area (Å²) in [6.07, 6.45) is 0.971. The molecule has 2 unspecified atom stereocenters. The molecule has 2 atom stereocenters. The van der Waals surface area contributed by atoms with Gasteiger partial charge in [-0.1, -0.05) is 39.8 Å². The van der Waals surface area contributed by atoms with Crippen molar-refractivity contribution in [3.8, 4) is 0 Å². The Labute approximate surface area is 126 Å². The summed E-state index contributed by atoms with van der Waals surface area (Å²) in [5, 5.41) is 9.08. The van der Waals surface area contributed by atoms with Crippen molar-refractivity contribution in [2.45, 2.75) is 51.0 Å². The summed E-state index contributed by atoms with van der Waals surface area (Å²) < 4.78 is 26.7. The summed E-state index contributed by atoms with van der Waals surface area (Å²) >= 11 is 0. The topological polar surface area (TPSA) is 83.5 Å². The van der Waals surface area contributed by atoms with Gasteiger partial charge < -0.3 is 5.11 Å². The first-order valence-corrected chi connectivity index (χ1v) is 8.52. The average molecular weight is 313 g/mol. The molecule has 0 aliphatic rings. The maximum Gasteiger partial charge on any atom is 0.322 e. The Balaban J connectivity index is 3.00. The Kier molecular flexibility index (Phi) is 5.92. The van der Waals surface area contributed by atoms with Gasteiger partial charge in [-0.3, -0.25) is 4.79 Å². The third-order valence-electron chi connectivity index (χ3n) is 3.59. The second-order valence-corrected chi connectivity index (χ2v) is 7.27. The van der Waals surface area contributed by atoms with Gasteiger partial charge in [0.1, 0.15) is 6.04 Å². The molecule has 0 aromatic heterocycles. The van der Waals surface area contributed by atoms with Gasteiger partial charge in [0, 0.05) is 0 Å². The van der Waals surface area contributed by atoms with E-state index >= 15 is 0 Å². The van der Waals surface area contributed by atoms with E-state index in [9.17, 15) is 13.2 Å². The Morgan fingerprint density at radius 2 is 1.71 bits per heavy atom. The summed E-state index contributed by atoms with van der Waals surface area (Å²) in [6.45, 7) is 7.46. The van der Waals surface area contributed by atoms with Crippen LogP contribution in [0.3, 0.4) is 0 Å². The third kappa shape index (κ3) is 4.54. The minimum Gasteiger partial charge on any atom is -0.480 e. The molecule has 0 heterocycles. The molecule has 0 saturated heterocycles. The van der Waals surface area contributed by atoms with Gasteiger partial charge in [-0.2, -0.15) is 4.72 Å². The zero-order valence-electron chi connectivity index (χ0n) is 12.8. The first kappa shape index (κ1) is 17.7. The zero-order chi connectivity index (χ0) is 16.2. The molecular formula is C15H23NO4S. The minimum atomic E-state index is -3.83. The van der Waals surface area contributed by atoms with Gasteiger partial charge in [-0.05, 0) is 36.0 Å². The van der Waals surface area contributed by atoms with Gasteiger partial charge in [0.05, 0.1) is 4.90 Å². The molecule has 2 N–H and O–H groups in total. The van der Waals surface area contributed by atoms with Crippen molar-refractivity contribution in [2.75, 3.05) is 0 Å². The van der Waals surface area contributed by atoms with Crippen molar-refractivity contribution >= 4 is 16.0 Å². The molecule has 1 rings (SSSR count). The van der Waals surface area contributed by atoms with Crippen LogP contribution in [0.2, 0.25) is 0 Å². The van der Waals surface area contributed by atoms with Crippen molar-refractivity contribution in [3.63, 3.8) is 0 Å². The van der Waals surface area contributed by atoms with E-state index in [4.69, 9.17) is 5.11 Å². The lowest BCUT2D eigenvalue weighted by Gasteiger charge is -2.18. The van der Waals surface area contributed by atoms with Gasteiger partial charge in [0.25, 0.3) is 0 Å². The lowest BCUT2D eigenvalue weighted by molar-refractivity contribution is -0.140. The smallest absolute Gasteiger partial charge is 0.322 e. The van der Waals surface area contributed by atoms with Crippen LogP contribution in [0.1, 0.15) is 45.6 Å². The van der Waals surface area contributed by atoms with E-state index < -0.39 is 22.0 Å². The molecule has 5 nitrogen and oxygen atoms in total. The van der Waals surface area contributed by atoms with Crippen LogP contribution in [0.4, 0.5) is 0 Å². The predicted molar refractivity (Wildman–Crippen MR) is 81.7 cm³/mol. The normalized spacial score (nSPS) is 14.9. The van der Waals surface area contributed by atoms with E-state index in [0.29, 0.717) is 5.92 Å². The highest BCUT2D eigenvalue weighted by Gasteiger charge is 2.27. The molecule has 0 aliphatic heterocycles. The molecule has 118 valence electrons. The fourth-order valence-corrected chi connectivity index (χ4v) is 3.26. The Bertz CT molecular complexity index is 578. The van der Waals surface area contributed by atoms with Crippen LogP contribution >= 0.6 is 0 Å². The minimum absolute atomic E-state index is 0.0847. The second kappa shape index (κ2) is 7.04. The third-order valence-corrected chi connectivity index (χ3v) is 5.04. The molecule has 21 heavy (non-hydrogen) atoms. The van der Waals surface area contributed by atoms with Gasteiger partial charge >= 0.3 is 5.97 Å². The van der Waals surface area contributed by atoms with Crippen LogP contribution < -0.4 is 4.72 Å². The van der Waals surface area contributed by atoms with Crippen LogP contribution in [0.15, 0.2) is 29.2 Å². The molecule has 1 aromatic carbocycles. The number of hydrogen-bond donors (Lipinski definition) is 2. The predicted octanol–water partition coefficient (Wildman–Crippen LogP) is 2.59. The van der Waals surface area contributed by atoms with Crippen LogP contribution in [0, 0.1) is 5.92 Å². The van der Waals surface area contributed by atoms with Crippen molar-refractivity contribution in [1.29, 1.82) is 0 Å². The van der Waals surface area contributed by atoms with Crippen LogP contribution in [-0.4, -0.2) is 25.5 Å². The van der Waals surface area contributed by atoms with Crippen molar-refractivity contribution in [3.05, 3.63) is 29.8 Å². The number of rotatable bonds is 7. The van der Waals surface area contributed by atoms with Gasteiger partial charge in [-0.15, -0.1) is 0 Å². The highest BCUT2D eigenvalue weighted by Crippen LogP contribution is 2.20. The number of carbonyl (C=O) groups is 1. The SMILES string of the molecule is CCC(C)c1ccc(S(=O)(=O)NC(C(=O)O)C(C)C)cc1. The quantitative estimate of drug-likeness (QED) is 0.810. The molecule has 0 amide bonds. The summed E-state index contributed by atoms with van der Waals surface area (Å²) in [5.41, 5.74) is 1.06. The van der Waals surface area contributed by atoms with Gasteiger partial charge in [0.2, 0.25) is 10.0 Å². The number of nitrogens with one attached hydrogen (secondary N) is 1. The second-order valence-electron chi connectivity index (χ2n) is 5.56. The van der Waals surface area contributed by atoms with E-state index in [1.54, 1.807) is 26.0 Å². The number of aliphatic carboxylic acids is 1. The number of carboxylic acid groups (broad SMARTS) is 1. The summed E-state index contributed by atoms with van der Waals surface area (Å²) in [5.74, 6) is -1.15. The number of carboxylic acids is 1. The van der Waals surface area contributed by atoms with E-state index in [0.717, 1.165) is 12.0 Å². The van der Waals surface area contributed by atoms with Crippen molar-refractivity contribution in [2.24, 2.45) is 5.92 Å². The Morgan fingerprint density at radius 1 is 1.19 bits per heavy atom. The fraction of sp³-hybridized carbons (Fsp3) is 0.533. The molecule has 0 fully saturated rings. The highest BCUT2D eigenvalue weighted by atomic mass is 32.2.